The second-order valence-electron chi connectivity index (χ2n) is 6.54. The largest absolute Gasteiger partial charge is 0.456 e. The Balaban J connectivity index is 1.96. The lowest BCUT2D eigenvalue weighted by atomic mass is 9.87. The van der Waals surface area contributed by atoms with E-state index in [9.17, 15) is 4.79 Å². The highest BCUT2D eigenvalue weighted by atomic mass is 35.5. The lowest BCUT2D eigenvalue weighted by Gasteiger charge is -2.26. The Labute approximate surface area is 163 Å². The second kappa shape index (κ2) is 7.45. The average Bonchev–Trinajstić information content (AvgIpc) is 2.71. The van der Waals surface area contributed by atoms with E-state index in [2.05, 4.69) is 6.58 Å². The normalized spacial score (nSPS) is 15.8. The molecule has 3 aromatic carbocycles. The van der Waals surface area contributed by atoms with E-state index in [1.807, 2.05) is 54.6 Å². The Morgan fingerprint density at radius 1 is 1.00 bits per heavy atom. The molecule has 3 aromatic rings. The number of rotatable bonds is 4. The quantitative estimate of drug-likeness (QED) is 0.248. The molecule has 0 fully saturated rings. The number of alkyl halides is 1. The fraction of sp³-hybridized carbons (Fsp3) is 0.174. The first-order chi connectivity index (χ1) is 13.2. The summed E-state index contributed by atoms with van der Waals surface area (Å²) < 4.78 is 12.0. The summed E-state index contributed by atoms with van der Waals surface area (Å²) >= 11 is 6.45. The van der Waals surface area contributed by atoms with Crippen molar-refractivity contribution in [1.29, 1.82) is 0 Å². The number of para-hydroxylation sites is 1. The third kappa shape index (κ3) is 3.43. The summed E-state index contributed by atoms with van der Waals surface area (Å²) in [4.78, 5) is 12.0. The van der Waals surface area contributed by atoms with Gasteiger partial charge in [-0.3, -0.25) is 0 Å². The topological polar surface area (TPSA) is 35.5 Å². The number of carbonyl (C=O) groups is 1. The third-order valence-corrected chi connectivity index (χ3v) is 5.17. The van der Waals surface area contributed by atoms with Gasteiger partial charge in [0.05, 0.1) is 0 Å². The number of halogens is 1. The molecule has 3 nitrogen and oxygen atoms in total. The van der Waals surface area contributed by atoms with Gasteiger partial charge in [0.2, 0.25) is 0 Å². The zero-order chi connectivity index (χ0) is 18.8. The number of fused-ring (bicyclic) bond motifs is 2. The van der Waals surface area contributed by atoms with Crippen molar-refractivity contribution in [3.05, 3.63) is 78.4 Å². The van der Waals surface area contributed by atoms with Crippen LogP contribution in [0.3, 0.4) is 0 Å². The minimum Gasteiger partial charge on any atom is -0.456 e. The van der Waals surface area contributed by atoms with Gasteiger partial charge in [-0.2, -0.15) is 0 Å². The second-order valence-corrected chi connectivity index (χ2v) is 7.16. The molecular formula is C23H19ClO3. The molecule has 0 spiro atoms. The van der Waals surface area contributed by atoms with Crippen LogP contribution in [0.1, 0.15) is 17.5 Å². The van der Waals surface area contributed by atoms with Crippen molar-refractivity contribution in [3.63, 3.8) is 0 Å². The van der Waals surface area contributed by atoms with E-state index < -0.39 is 5.97 Å². The summed E-state index contributed by atoms with van der Waals surface area (Å²) in [5.74, 6) is 1.68. The van der Waals surface area contributed by atoms with Crippen molar-refractivity contribution in [2.45, 2.75) is 24.6 Å². The summed E-state index contributed by atoms with van der Waals surface area (Å²) in [7, 11) is 0. The fourth-order valence-electron chi connectivity index (χ4n) is 3.56. The molecule has 4 heteroatoms. The molecule has 1 aliphatic carbocycles. The maximum absolute atomic E-state index is 12.0. The Hall–Kier alpha value is -2.78. The van der Waals surface area contributed by atoms with E-state index >= 15 is 0 Å². The number of esters is 1. The zero-order valence-corrected chi connectivity index (χ0v) is 15.5. The number of ether oxygens (including phenoxy) is 2. The molecule has 0 aromatic heterocycles. The van der Waals surface area contributed by atoms with Crippen LogP contribution in [0.15, 0.2) is 67.3 Å². The molecule has 0 amide bonds. The van der Waals surface area contributed by atoms with Crippen molar-refractivity contribution >= 4 is 28.3 Å². The molecule has 27 heavy (non-hydrogen) atoms. The summed E-state index contributed by atoms with van der Waals surface area (Å²) in [6.07, 6.45) is 3.44. The van der Waals surface area contributed by atoms with Gasteiger partial charge in [0.25, 0.3) is 0 Å². The minimum absolute atomic E-state index is 0.00409. The monoisotopic (exact) mass is 378 g/mol. The van der Waals surface area contributed by atoms with E-state index in [-0.39, 0.29) is 5.38 Å². The summed E-state index contributed by atoms with van der Waals surface area (Å²) in [6, 6.07) is 17.5. The van der Waals surface area contributed by atoms with Gasteiger partial charge >= 0.3 is 5.97 Å². The van der Waals surface area contributed by atoms with Gasteiger partial charge in [-0.1, -0.05) is 49.0 Å². The van der Waals surface area contributed by atoms with Crippen molar-refractivity contribution in [3.8, 4) is 17.2 Å². The molecule has 0 radical (unpaired) electrons. The molecule has 4 rings (SSSR count). The summed E-state index contributed by atoms with van der Waals surface area (Å²) in [5.41, 5.74) is 2.00. The molecule has 0 heterocycles. The summed E-state index contributed by atoms with van der Waals surface area (Å²) in [6.45, 7) is 3.51. The lowest BCUT2D eigenvalue weighted by Crippen LogP contribution is -2.18. The Kier molecular flexibility index (Phi) is 4.87. The number of hydrogen-bond donors (Lipinski definition) is 0. The minimum atomic E-state index is -0.476. The van der Waals surface area contributed by atoms with Gasteiger partial charge in [-0.05, 0) is 31.4 Å². The van der Waals surface area contributed by atoms with E-state index in [0.29, 0.717) is 12.2 Å². The Morgan fingerprint density at radius 2 is 1.67 bits per heavy atom. The number of hydrogen-bond acceptors (Lipinski definition) is 3. The first kappa shape index (κ1) is 17.6. The standard InChI is InChI=1S/C23H19ClO3/c1-2-21(25)27-23-18-11-7-6-10-17(18)22(26-16-8-4-3-5-9-16)19-13-12-15(24)14-20(19)23/h2-11,15H,1,12-14H2. The SMILES string of the molecule is C=CC(=O)Oc1c2c(c(Oc3ccccc3)c3ccccc13)CCC(Cl)C2. The predicted molar refractivity (Wildman–Crippen MR) is 108 cm³/mol. The third-order valence-electron chi connectivity index (χ3n) is 4.79. The highest BCUT2D eigenvalue weighted by molar-refractivity contribution is 6.21. The number of carbonyl (C=O) groups excluding carboxylic acids is 1. The van der Waals surface area contributed by atoms with Crippen molar-refractivity contribution in [1.82, 2.24) is 0 Å². The number of benzene rings is 3. The van der Waals surface area contributed by atoms with Crippen LogP contribution in [0.4, 0.5) is 0 Å². The van der Waals surface area contributed by atoms with Gasteiger partial charge in [0.15, 0.2) is 0 Å². The van der Waals surface area contributed by atoms with Crippen LogP contribution in [0.25, 0.3) is 10.8 Å². The zero-order valence-electron chi connectivity index (χ0n) is 14.8. The Morgan fingerprint density at radius 3 is 2.37 bits per heavy atom. The molecule has 1 aliphatic rings. The van der Waals surface area contributed by atoms with Crippen LogP contribution in [0, 0.1) is 0 Å². The molecule has 0 saturated heterocycles. The van der Waals surface area contributed by atoms with Crippen LogP contribution in [0.5, 0.6) is 17.2 Å². The molecule has 0 bridgehead atoms. The van der Waals surface area contributed by atoms with Crippen LogP contribution >= 0.6 is 11.6 Å². The molecule has 0 N–H and O–H groups in total. The van der Waals surface area contributed by atoms with Crippen molar-refractivity contribution < 1.29 is 14.3 Å². The highest BCUT2D eigenvalue weighted by Crippen LogP contribution is 2.46. The van der Waals surface area contributed by atoms with E-state index in [0.717, 1.165) is 46.2 Å². The highest BCUT2D eigenvalue weighted by Gasteiger charge is 2.28. The average molecular weight is 379 g/mol. The smallest absolute Gasteiger partial charge is 0.335 e. The van der Waals surface area contributed by atoms with Gasteiger partial charge in [-0.15, -0.1) is 11.6 Å². The van der Waals surface area contributed by atoms with E-state index in [1.54, 1.807) is 0 Å². The van der Waals surface area contributed by atoms with E-state index in [1.165, 1.54) is 6.08 Å². The van der Waals surface area contributed by atoms with Gasteiger partial charge in [0, 0.05) is 33.4 Å². The van der Waals surface area contributed by atoms with Crippen LogP contribution in [0.2, 0.25) is 0 Å². The predicted octanol–water partition coefficient (Wildman–Crippen LogP) is 5.82. The molecule has 136 valence electrons. The molecule has 1 atom stereocenters. The maximum atomic E-state index is 12.0. The lowest BCUT2D eigenvalue weighted by molar-refractivity contribution is -0.128. The molecule has 1 unspecified atom stereocenters. The molecular weight excluding hydrogens is 360 g/mol. The van der Waals surface area contributed by atoms with E-state index in [4.69, 9.17) is 21.1 Å². The van der Waals surface area contributed by atoms with Crippen LogP contribution in [-0.4, -0.2) is 11.3 Å². The van der Waals surface area contributed by atoms with Crippen LogP contribution in [-0.2, 0) is 17.6 Å². The first-order valence-corrected chi connectivity index (χ1v) is 9.38. The Bertz CT molecular complexity index is 1010. The first-order valence-electron chi connectivity index (χ1n) is 8.95. The van der Waals surface area contributed by atoms with Crippen molar-refractivity contribution in [2.24, 2.45) is 0 Å². The fourth-order valence-corrected chi connectivity index (χ4v) is 3.83. The molecule has 0 saturated carbocycles. The maximum Gasteiger partial charge on any atom is 0.335 e. The molecule has 0 aliphatic heterocycles. The van der Waals surface area contributed by atoms with Crippen molar-refractivity contribution in [2.75, 3.05) is 0 Å². The van der Waals surface area contributed by atoms with Gasteiger partial charge in [-0.25, -0.2) is 4.79 Å². The van der Waals surface area contributed by atoms with Gasteiger partial charge in [0.1, 0.15) is 17.2 Å². The summed E-state index contributed by atoms with van der Waals surface area (Å²) in [5, 5.41) is 1.76. The van der Waals surface area contributed by atoms with Crippen LogP contribution < -0.4 is 9.47 Å². The van der Waals surface area contributed by atoms with Gasteiger partial charge < -0.3 is 9.47 Å².